The molecule has 0 amide bonds. The predicted octanol–water partition coefficient (Wildman–Crippen LogP) is 4.73. The van der Waals surface area contributed by atoms with Crippen molar-refractivity contribution in [1.82, 2.24) is 0 Å². The van der Waals surface area contributed by atoms with Gasteiger partial charge in [0.2, 0.25) is 0 Å². The molecule has 0 aliphatic carbocycles. The van der Waals surface area contributed by atoms with Crippen LogP contribution in [0.4, 0.5) is 0 Å². The Morgan fingerprint density at radius 1 is 0.765 bits per heavy atom. The fourth-order valence-electron chi connectivity index (χ4n) is 1.50. The van der Waals surface area contributed by atoms with Crippen LogP contribution in [-0.4, -0.2) is 10.2 Å². The number of aromatic hydroxyl groups is 2. The van der Waals surface area contributed by atoms with E-state index >= 15 is 0 Å². The molecule has 0 atom stereocenters. The summed E-state index contributed by atoms with van der Waals surface area (Å²) < 4.78 is 0. The lowest BCUT2D eigenvalue weighted by atomic mass is 10.0. The molecular formula is C12H7Cl3O2. The molecule has 0 saturated carbocycles. The maximum atomic E-state index is 9.44. The van der Waals surface area contributed by atoms with E-state index in [1.807, 2.05) is 0 Å². The van der Waals surface area contributed by atoms with Crippen LogP contribution in [0.3, 0.4) is 0 Å². The average Bonchev–Trinajstić information content (AvgIpc) is 2.21. The largest absolute Gasteiger partial charge is 0.504 e. The number of rotatable bonds is 1. The van der Waals surface area contributed by atoms with E-state index in [1.54, 1.807) is 18.2 Å². The normalized spacial score (nSPS) is 10.5. The zero-order valence-electron chi connectivity index (χ0n) is 8.42. The van der Waals surface area contributed by atoms with Gasteiger partial charge in [0.15, 0.2) is 11.5 Å². The second-order valence-corrected chi connectivity index (χ2v) is 4.70. The number of phenolic OH excluding ortho intramolecular Hbond substituents is 2. The second-order valence-electron chi connectivity index (χ2n) is 3.45. The quantitative estimate of drug-likeness (QED) is 0.745. The smallest absolute Gasteiger partial charge is 0.158 e. The summed E-state index contributed by atoms with van der Waals surface area (Å²) in [5.41, 5.74) is 1.17. The van der Waals surface area contributed by atoms with Gasteiger partial charge in [0.25, 0.3) is 0 Å². The van der Waals surface area contributed by atoms with E-state index in [9.17, 15) is 10.2 Å². The van der Waals surface area contributed by atoms with Crippen LogP contribution in [0.25, 0.3) is 11.1 Å². The summed E-state index contributed by atoms with van der Waals surface area (Å²) in [5, 5.41) is 19.9. The Labute approximate surface area is 113 Å². The maximum absolute atomic E-state index is 9.44. The summed E-state index contributed by atoms with van der Waals surface area (Å²) in [5.74, 6) is -0.431. The molecule has 0 bridgehead atoms. The van der Waals surface area contributed by atoms with Crippen molar-refractivity contribution in [2.24, 2.45) is 0 Å². The van der Waals surface area contributed by atoms with Gasteiger partial charge < -0.3 is 10.2 Å². The lowest BCUT2D eigenvalue weighted by Crippen LogP contribution is -1.82. The van der Waals surface area contributed by atoms with Gasteiger partial charge in [-0.1, -0.05) is 40.9 Å². The molecule has 0 aliphatic heterocycles. The fourth-order valence-corrected chi connectivity index (χ4v) is 2.53. The Morgan fingerprint density at radius 2 is 1.35 bits per heavy atom. The fraction of sp³-hybridized carbons (Fsp3) is 0. The minimum absolute atomic E-state index is 0.199. The second kappa shape index (κ2) is 4.65. The Morgan fingerprint density at radius 3 is 1.88 bits per heavy atom. The lowest BCUT2D eigenvalue weighted by Gasteiger charge is -2.09. The Bertz CT molecular complexity index is 559. The molecule has 2 aromatic rings. The summed E-state index contributed by atoms with van der Waals surface area (Å²) in [6, 6.07) is 7.49. The van der Waals surface area contributed by atoms with Crippen LogP contribution in [0.2, 0.25) is 15.1 Å². The van der Waals surface area contributed by atoms with Crippen LogP contribution in [0, 0.1) is 0 Å². The number of hydrogen-bond donors (Lipinski definition) is 2. The van der Waals surface area contributed by atoms with Crippen molar-refractivity contribution in [3.63, 3.8) is 0 Å². The molecule has 17 heavy (non-hydrogen) atoms. The third-order valence-corrected chi connectivity index (χ3v) is 3.09. The van der Waals surface area contributed by atoms with Gasteiger partial charge in [0.1, 0.15) is 0 Å². The van der Waals surface area contributed by atoms with E-state index in [4.69, 9.17) is 34.8 Å². The van der Waals surface area contributed by atoms with Crippen molar-refractivity contribution in [3.05, 3.63) is 45.4 Å². The van der Waals surface area contributed by atoms with Crippen LogP contribution in [-0.2, 0) is 0 Å². The molecule has 2 N–H and O–H groups in total. The Balaban J connectivity index is 2.64. The zero-order chi connectivity index (χ0) is 12.6. The molecule has 88 valence electrons. The third-order valence-electron chi connectivity index (χ3n) is 2.27. The molecule has 0 saturated heterocycles. The molecule has 0 heterocycles. The molecular weight excluding hydrogens is 282 g/mol. The van der Waals surface area contributed by atoms with Crippen molar-refractivity contribution in [2.75, 3.05) is 0 Å². The van der Waals surface area contributed by atoms with Gasteiger partial charge in [-0.25, -0.2) is 0 Å². The van der Waals surface area contributed by atoms with Gasteiger partial charge in [-0.05, 0) is 29.8 Å². The standard InChI is InChI=1S/C12H7Cl3O2/c13-7-4-8(14)12(9(15)5-7)6-1-2-10(16)11(17)3-6/h1-5,16-17H. The highest BCUT2D eigenvalue weighted by Gasteiger charge is 2.11. The monoisotopic (exact) mass is 288 g/mol. The minimum Gasteiger partial charge on any atom is -0.504 e. The van der Waals surface area contributed by atoms with Crippen molar-refractivity contribution in [1.29, 1.82) is 0 Å². The van der Waals surface area contributed by atoms with Gasteiger partial charge in [-0.15, -0.1) is 0 Å². The van der Waals surface area contributed by atoms with E-state index in [-0.39, 0.29) is 11.5 Å². The van der Waals surface area contributed by atoms with Crippen molar-refractivity contribution in [3.8, 4) is 22.6 Å². The molecule has 0 radical (unpaired) electrons. The van der Waals surface area contributed by atoms with Gasteiger partial charge in [-0.2, -0.15) is 0 Å². The highest BCUT2D eigenvalue weighted by molar-refractivity contribution is 6.41. The number of hydrogen-bond acceptors (Lipinski definition) is 2. The van der Waals surface area contributed by atoms with Gasteiger partial charge in [0.05, 0.1) is 10.0 Å². The van der Waals surface area contributed by atoms with Crippen LogP contribution < -0.4 is 0 Å². The molecule has 0 aromatic heterocycles. The van der Waals surface area contributed by atoms with E-state index in [1.165, 1.54) is 12.1 Å². The predicted molar refractivity (Wildman–Crippen MR) is 70.2 cm³/mol. The summed E-state index contributed by atoms with van der Waals surface area (Å²) in [7, 11) is 0. The van der Waals surface area contributed by atoms with Gasteiger partial charge in [0, 0.05) is 10.6 Å². The van der Waals surface area contributed by atoms with Crippen LogP contribution in [0.5, 0.6) is 11.5 Å². The Kier molecular flexibility index (Phi) is 3.38. The summed E-state index contributed by atoms with van der Waals surface area (Å²) >= 11 is 17.9. The Hall–Kier alpha value is -1.09. The average molecular weight is 290 g/mol. The molecule has 5 heteroatoms. The zero-order valence-corrected chi connectivity index (χ0v) is 10.7. The van der Waals surface area contributed by atoms with Crippen molar-refractivity contribution >= 4 is 34.8 Å². The molecule has 0 unspecified atom stereocenters. The number of halogens is 3. The highest BCUT2D eigenvalue weighted by Crippen LogP contribution is 2.39. The summed E-state index contributed by atoms with van der Waals surface area (Å²) in [6.45, 7) is 0. The van der Waals surface area contributed by atoms with Crippen LogP contribution in [0.15, 0.2) is 30.3 Å². The first-order chi connectivity index (χ1) is 7.99. The van der Waals surface area contributed by atoms with E-state index < -0.39 is 0 Å². The first-order valence-corrected chi connectivity index (χ1v) is 5.79. The molecule has 2 nitrogen and oxygen atoms in total. The molecule has 0 aliphatic rings. The summed E-state index contributed by atoms with van der Waals surface area (Å²) in [6.07, 6.45) is 0. The summed E-state index contributed by atoms with van der Waals surface area (Å²) in [4.78, 5) is 0. The van der Waals surface area contributed by atoms with Gasteiger partial charge >= 0.3 is 0 Å². The maximum Gasteiger partial charge on any atom is 0.158 e. The first-order valence-electron chi connectivity index (χ1n) is 4.66. The minimum atomic E-state index is -0.232. The third kappa shape index (κ3) is 2.44. The SMILES string of the molecule is Oc1ccc(-c2c(Cl)cc(Cl)cc2Cl)cc1O. The van der Waals surface area contributed by atoms with Crippen LogP contribution >= 0.6 is 34.8 Å². The first kappa shape index (κ1) is 12.4. The van der Waals surface area contributed by atoms with Crippen LogP contribution in [0.1, 0.15) is 0 Å². The van der Waals surface area contributed by atoms with Crippen molar-refractivity contribution < 1.29 is 10.2 Å². The molecule has 2 aromatic carbocycles. The highest BCUT2D eigenvalue weighted by atomic mass is 35.5. The van der Waals surface area contributed by atoms with Crippen molar-refractivity contribution in [2.45, 2.75) is 0 Å². The van der Waals surface area contributed by atoms with Gasteiger partial charge in [-0.3, -0.25) is 0 Å². The van der Waals surface area contributed by atoms with E-state index in [0.29, 0.717) is 26.2 Å². The number of benzene rings is 2. The topological polar surface area (TPSA) is 40.5 Å². The number of phenols is 2. The molecule has 0 fully saturated rings. The molecule has 2 rings (SSSR count). The lowest BCUT2D eigenvalue weighted by molar-refractivity contribution is 0.404. The molecule has 0 spiro atoms. The van der Waals surface area contributed by atoms with E-state index in [0.717, 1.165) is 0 Å². The van der Waals surface area contributed by atoms with E-state index in [2.05, 4.69) is 0 Å².